The van der Waals surface area contributed by atoms with Gasteiger partial charge in [-0.3, -0.25) is 29.6 Å². The zero-order valence-electron chi connectivity index (χ0n) is 23.9. The highest BCUT2D eigenvalue weighted by molar-refractivity contribution is 7.07. The number of esters is 1. The van der Waals surface area contributed by atoms with Gasteiger partial charge in [-0.1, -0.05) is 65.9 Å². The Morgan fingerprint density at radius 2 is 1.61 bits per heavy atom. The van der Waals surface area contributed by atoms with Gasteiger partial charge in [-0.05, 0) is 59.4 Å². The number of nitro benzene ring substituents is 2. The van der Waals surface area contributed by atoms with E-state index < -0.39 is 21.9 Å². The summed E-state index contributed by atoms with van der Waals surface area (Å²) in [5, 5.41) is 22.7. The highest BCUT2D eigenvalue weighted by Gasteiger charge is 2.33. The molecule has 0 spiro atoms. The molecule has 1 atom stereocenters. The van der Waals surface area contributed by atoms with Crippen LogP contribution in [0.1, 0.15) is 45.1 Å². The van der Waals surface area contributed by atoms with Gasteiger partial charge in [-0.2, -0.15) is 0 Å². The van der Waals surface area contributed by atoms with Gasteiger partial charge in [-0.25, -0.2) is 9.79 Å². The Balaban J connectivity index is 1.27. The monoisotopic (exact) mass is 630 g/mol. The second kappa shape index (κ2) is 11.5. The molecule has 0 fully saturated rings. The normalized spacial score (nSPS) is 15.3. The van der Waals surface area contributed by atoms with Crippen LogP contribution in [0.2, 0.25) is 0 Å². The van der Waals surface area contributed by atoms with Gasteiger partial charge in [0.25, 0.3) is 16.9 Å². The third-order valence-corrected chi connectivity index (χ3v) is 8.93. The van der Waals surface area contributed by atoms with E-state index in [1.54, 1.807) is 47.0 Å². The fourth-order valence-electron chi connectivity index (χ4n) is 5.83. The Bertz CT molecular complexity index is 2300. The predicted molar refractivity (Wildman–Crippen MR) is 170 cm³/mol. The van der Waals surface area contributed by atoms with Crippen molar-refractivity contribution in [1.29, 1.82) is 0 Å². The zero-order chi connectivity index (χ0) is 31.9. The maximum Gasteiger partial charge on any atom is 0.343 e. The summed E-state index contributed by atoms with van der Waals surface area (Å²) in [7, 11) is 0. The lowest BCUT2D eigenvalue weighted by molar-refractivity contribution is -0.385. The number of carbonyl (C=O) groups is 1. The maximum atomic E-state index is 14.0. The topological polar surface area (TPSA) is 147 Å². The van der Waals surface area contributed by atoms with E-state index in [1.807, 2.05) is 18.2 Å². The Morgan fingerprint density at radius 3 is 2.37 bits per heavy atom. The second-order valence-corrected chi connectivity index (χ2v) is 11.7. The minimum Gasteiger partial charge on any atom is -0.423 e. The second-order valence-electron chi connectivity index (χ2n) is 10.7. The number of ether oxygens (including phenoxy) is 1. The molecule has 0 saturated carbocycles. The number of nitrogens with zero attached hydrogens (tertiary/aromatic N) is 4. The van der Waals surface area contributed by atoms with Crippen LogP contribution in [-0.2, 0) is 6.42 Å². The van der Waals surface area contributed by atoms with Gasteiger partial charge in [0.15, 0.2) is 4.80 Å². The first-order valence-electron chi connectivity index (χ1n) is 14.2. The van der Waals surface area contributed by atoms with Crippen molar-refractivity contribution < 1.29 is 19.4 Å². The van der Waals surface area contributed by atoms with E-state index in [-0.39, 0.29) is 28.2 Å². The third kappa shape index (κ3) is 5.20. The smallest absolute Gasteiger partial charge is 0.343 e. The number of allylic oxidation sites excluding steroid dienone is 1. The molecule has 1 aliphatic carbocycles. The van der Waals surface area contributed by atoms with Crippen molar-refractivity contribution in [3.63, 3.8) is 0 Å². The Morgan fingerprint density at radius 1 is 0.891 bits per heavy atom. The molecule has 12 heteroatoms. The van der Waals surface area contributed by atoms with Crippen molar-refractivity contribution in [2.24, 2.45) is 4.99 Å². The number of thiazole rings is 1. The molecule has 0 saturated heterocycles. The molecule has 5 aromatic rings. The first kappa shape index (κ1) is 28.7. The Kier molecular flexibility index (Phi) is 7.18. The fraction of sp³-hybridized carbons (Fsp3) is 0.0882. The summed E-state index contributed by atoms with van der Waals surface area (Å²) in [6.07, 6.45) is 3.14. The van der Waals surface area contributed by atoms with Crippen molar-refractivity contribution in [2.75, 3.05) is 0 Å². The molecule has 46 heavy (non-hydrogen) atoms. The fourth-order valence-corrected chi connectivity index (χ4v) is 6.83. The van der Waals surface area contributed by atoms with Crippen molar-refractivity contribution in [3.05, 3.63) is 170 Å². The third-order valence-electron chi connectivity index (χ3n) is 7.95. The van der Waals surface area contributed by atoms with Gasteiger partial charge in [0.2, 0.25) is 0 Å². The molecule has 0 unspecified atom stereocenters. The van der Waals surface area contributed by atoms with Crippen LogP contribution in [0.3, 0.4) is 0 Å². The number of carbonyl (C=O) groups excluding carboxylic acids is 1. The van der Waals surface area contributed by atoms with E-state index in [9.17, 15) is 29.8 Å². The molecule has 4 aromatic carbocycles. The van der Waals surface area contributed by atoms with Crippen LogP contribution in [0.5, 0.6) is 5.75 Å². The largest absolute Gasteiger partial charge is 0.423 e. The van der Waals surface area contributed by atoms with Crippen LogP contribution in [0, 0.1) is 20.2 Å². The Labute approximate surface area is 264 Å². The molecular weight excluding hydrogens is 608 g/mol. The van der Waals surface area contributed by atoms with Crippen LogP contribution in [0.4, 0.5) is 11.4 Å². The standard InChI is InChI=1S/C34H22N4O7S/c39-32-29(17-20-11-14-26(15-12-20)45-33(40)23-7-4-9-25(19-23)38(43)44)46-34-35-30-27-10-2-1-5-21(27)13-16-28(30)31(36(32)34)22-6-3-8-24(18-22)37(41)42/h1-12,14-15,17-19,31H,13,16H2/b29-17+/t31-/m0/s1. The van der Waals surface area contributed by atoms with E-state index in [0.717, 1.165) is 34.9 Å². The summed E-state index contributed by atoms with van der Waals surface area (Å²) < 4.78 is 7.44. The van der Waals surface area contributed by atoms with Crippen LogP contribution in [0.15, 0.2) is 112 Å². The van der Waals surface area contributed by atoms with Gasteiger partial charge >= 0.3 is 5.97 Å². The summed E-state index contributed by atoms with van der Waals surface area (Å²) in [6.45, 7) is 0. The number of non-ortho nitro benzene ring substituents is 2. The molecule has 2 heterocycles. The van der Waals surface area contributed by atoms with E-state index >= 15 is 0 Å². The number of rotatable bonds is 6. The van der Waals surface area contributed by atoms with Crippen molar-refractivity contribution >= 4 is 40.5 Å². The van der Waals surface area contributed by atoms with Crippen molar-refractivity contribution in [1.82, 2.24) is 4.57 Å². The molecule has 226 valence electrons. The number of fused-ring (bicyclic) bond motifs is 3. The van der Waals surface area contributed by atoms with Crippen LogP contribution >= 0.6 is 11.3 Å². The lowest BCUT2D eigenvalue weighted by Crippen LogP contribution is -2.38. The van der Waals surface area contributed by atoms with E-state index in [2.05, 4.69) is 6.07 Å². The first-order valence-corrected chi connectivity index (χ1v) is 15.0. The van der Waals surface area contributed by atoms with E-state index in [4.69, 9.17) is 9.73 Å². The SMILES string of the molecule is O=C(Oc1ccc(/C=c2/sc3n(c2=O)[C@@H](c2cccc([N+](=O)[O-])c2)C2=C(N=3)c3ccccc3CC2)cc1)c1cccc([N+](=O)[O-])c1. The van der Waals surface area contributed by atoms with E-state index in [0.29, 0.717) is 26.9 Å². The number of aromatic nitrogens is 1. The summed E-state index contributed by atoms with van der Waals surface area (Å²) in [4.78, 5) is 53.7. The van der Waals surface area contributed by atoms with Gasteiger partial charge in [0.1, 0.15) is 5.75 Å². The summed E-state index contributed by atoms with van der Waals surface area (Å²) in [5.74, 6) is -0.511. The molecule has 0 N–H and O–H groups in total. The van der Waals surface area contributed by atoms with Gasteiger partial charge in [0.05, 0.1) is 31.7 Å². The molecule has 1 aromatic heterocycles. The molecule has 0 amide bonds. The number of nitro groups is 2. The number of hydrogen-bond donors (Lipinski definition) is 0. The molecule has 2 aliphatic rings. The van der Waals surface area contributed by atoms with Gasteiger partial charge < -0.3 is 4.74 Å². The summed E-state index contributed by atoms with van der Waals surface area (Å²) in [5.41, 5.74) is 4.69. The Hall–Kier alpha value is -6.01. The molecule has 0 radical (unpaired) electrons. The minimum atomic E-state index is -0.739. The highest BCUT2D eigenvalue weighted by atomic mass is 32.1. The average molecular weight is 631 g/mol. The van der Waals surface area contributed by atoms with E-state index in [1.165, 1.54) is 41.7 Å². The van der Waals surface area contributed by atoms with Crippen LogP contribution in [0.25, 0.3) is 11.8 Å². The lowest BCUT2D eigenvalue weighted by Gasteiger charge is -2.30. The van der Waals surface area contributed by atoms with Crippen molar-refractivity contribution in [3.8, 4) is 5.75 Å². The average Bonchev–Trinajstić information content (AvgIpc) is 3.38. The number of hydrogen-bond acceptors (Lipinski definition) is 9. The first-order chi connectivity index (χ1) is 22.3. The molecule has 11 nitrogen and oxygen atoms in total. The highest BCUT2D eigenvalue weighted by Crippen LogP contribution is 2.41. The molecule has 1 aliphatic heterocycles. The number of benzene rings is 4. The molecule has 7 rings (SSSR count). The van der Waals surface area contributed by atoms with Crippen LogP contribution < -0.4 is 19.6 Å². The summed E-state index contributed by atoms with van der Waals surface area (Å²) in [6, 6.07) is 25.6. The zero-order valence-corrected chi connectivity index (χ0v) is 24.7. The lowest BCUT2D eigenvalue weighted by atomic mass is 9.83. The minimum absolute atomic E-state index is 0.0445. The predicted octanol–water partition coefficient (Wildman–Crippen LogP) is 5.35. The maximum absolute atomic E-state index is 14.0. The molecular formula is C34H22N4O7S. The quantitative estimate of drug-likeness (QED) is 0.106. The molecule has 0 bridgehead atoms. The summed E-state index contributed by atoms with van der Waals surface area (Å²) >= 11 is 1.23. The van der Waals surface area contributed by atoms with Gasteiger partial charge in [0, 0.05) is 29.8 Å². The van der Waals surface area contributed by atoms with Crippen LogP contribution in [-0.4, -0.2) is 20.4 Å². The van der Waals surface area contributed by atoms with Gasteiger partial charge in [-0.15, -0.1) is 0 Å². The number of aryl methyl sites for hydroxylation is 1. The van der Waals surface area contributed by atoms with Crippen molar-refractivity contribution in [2.45, 2.75) is 18.9 Å².